The third-order valence-corrected chi connectivity index (χ3v) is 4.63. The van der Waals surface area contributed by atoms with Gasteiger partial charge in [0.2, 0.25) is 11.8 Å². The van der Waals surface area contributed by atoms with Crippen LogP contribution in [0.3, 0.4) is 0 Å². The predicted molar refractivity (Wildman–Crippen MR) is 99.1 cm³/mol. The lowest BCUT2D eigenvalue weighted by Crippen LogP contribution is -2.41. The van der Waals surface area contributed by atoms with E-state index in [0.29, 0.717) is 11.4 Å². The van der Waals surface area contributed by atoms with Crippen molar-refractivity contribution in [3.63, 3.8) is 0 Å². The van der Waals surface area contributed by atoms with Crippen molar-refractivity contribution >= 4 is 29.2 Å². The quantitative estimate of drug-likeness (QED) is 0.535. The number of allylic oxidation sites excluding steroid dienone is 2. The van der Waals surface area contributed by atoms with E-state index >= 15 is 0 Å². The number of carboxylic acid groups (broad SMARTS) is 1. The van der Waals surface area contributed by atoms with E-state index in [0.717, 1.165) is 0 Å². The highest BCUT2D eigenvalue weighted by atomic mass is 16.4. The molecule has 1 heterocycles. The summed E-state index contributed by atoms with van der Waals surface area (Å²) in [6.07, 6.45) is 7.00. The number of hydrogen-bond donors (Lipinski definition) is 3. The highest BCUT2D eigenvalue weighted by Crippen LogP contribution is 2.35. The lowest BCUT2D eigenvalue weighted by Gasteiger charge is -2.22. The van der Waals surface area contributed by atoms with Crippen LogP contribution in [0.25, 0.3) is 0 Å². The lowest BCUT2D eigenvalue weighted by molar-refractivity contribution is -0.153. The number of carboxylic acids is 1. The van der Waals surface area contributed by atoms with Crippen LogP contribution < -0.4 is 10.6 Å². The summed E-state index contributed by atoms with van der Waals surface area (Å²) in [5, 5.41) is 18.9. The van der Waals surface area contributed by atoms with Crippen molar-refractivity contribution in [2.45, 2.75) is 25.8 Å². The second-order valence-corrected chi connectivity index (χ2v) is 6.45. The molecule has 0 bridgehead atoms. The Labute approximate surface area is 155 Å². The fourth-order valence-electron chi connectivity index (χ4n) is 2.91. The van der Waals surface area contributed by atoms with Gasteiger partial charge in [-0.1, -0.05) is 18.2 Å². The summed E-state index contributed by atoms with van der Waals surface area (Å²) >= 11 is 0. The van der Waals surface area contributed by atoms with Crippen LogP contribution in [0.2, 0.25) is 0 Å². The Morgan fingerprint density at radius 3 is 2.41 bits per heavy atom. The zero-order valence-corrected chi connectivity index (χ0v) is 14.8. The van der Waals surface area contributed by atoms with Crippen LogP contribution in [-0.2, 0) is 14.4 Å². The maximum atomic E-state index is 12.5. The van der Waals surface area contributed by atoms with Crippen molar-refractivity contribution in [3.05, 3.63) is 54.9 Å². The number of carbonyl (C=O) groups excluding carboxylic acids is 2. The molecule has 1 aromatic carbocycles. The van der Waals surface area contributed by atoms with E-state index in [4.69, 9.17) is 0 Å². The summed E-state index contributed by atoms with van der Waals surface area (Å²) in [6, 6.07) is 7.82. The van der Waals surface area contributed by atoms with Gasteiger partial charge in [-0.3, -0.25) is 19.1 Å². The third-order valence-electron chi connectivity index (χ3n) is 4.63. The van der Waals surface area contributed by atoms with E-state index < -0.39 is 23.3 Å². The first-order chi connectivity index (χ1) is 12.9. The number of aromatic nitrogens is 2. The van der Waals surface area contributed by atoms with Crippen molar-refractivity contribution in [3.8, 4) is 0 Å². The molecule has 2 aromatic rings. The summed E-state index contributed by atoms with van der Waals surface area (Å²) < 4.78 is 1.53. The summed E-state index contributed by atoms with van der Waals surface area (Å²) in [4.78, 5) is 36.5. The molecule has 1 aromatic heterocycles. The molecule has 0 saturated carbocycles. The molecule has 1 atom stereocenters. The number of anilines is 2. The number of aliphatic carboxylic acids is 1. The topological polar surface area (TPSA) is 113 Å². The first-order valence-electron chi connectivity index (χ1n) is 8.52. The number of amides is 2. The average molecular weight is 368 g/mol. The molecule has 8 nitrogen and oxygen atoms in total. The maximum absolute atomic E-state index is 12.5. The van der Waals surface area contributed by atoms with Gasteiger partial charge in [0.1, 0.15) is 6.04 Å². The summed E-state index contributed by atoms with van der Waals surface area (Å²) in [6.45, 7) is 1.72. The Bertz CT molecular complexity index is 881. The predicted octanol–water partition coefficient (Wildman–Crippen LogP) is 2.44. The molecule has 27 heavy (non-hydrogen) atoms. The highest BCUT2D eigenvalue weighted by molar-refractivity contribution is 6.09. The van der Waals surface area contributed by atoms with E-state index in [9.17, 15) is 19.5 Å². The first-order valence-corrected chi connectivity index (χ1v) is 8.52. The van der Waals surface area contributed by atoms with Crippen molar-refractivity contribution in [2.24, 2.45) is 5.41 Å². The number of rotatable bonds is 6. The van der Waals surface area contributed by atoms with Gasteiger partial charge in [0.05, 0.1) is 0 Å². The van der Waals surface area contributed by atoms with Gasteiger partial charge in [0.15, 0.2) is 5.41 Å². The second-order valence-electron chi connectivity index (χ2n) is 6.45. The average Bonchev–Trinajstić information content (AvgIpc) is 3.33. The minimum Gasteiger partial charge on any atom is -0.480 e. The van der Waals surface area contributed by atoms with Crippen LogP contribution in [0.4, 0.5) is 11.4 Å². The smallest absolute Gasteiger partial charge is 0.319 e. The molecule has 1 aliphatic rings. The van der Waals surface area contributed by atoms with E-state index in [1.807, 2.05) is 0 Å². The third kappa shape index (κ3) is 3.74. The largest absolute Gasteiger partial charge is 0.480 e. The highest BCUT2D eigenvalue weighted by Gasteiger charge is 2.46. The van der Waals surface area contributed by atoms with Crippen molar-refractivity contribution in [1.82, 2.24) is 9.78 Å². The van der Waals surface area contributed by atoms with Crippen LogP contribution in [0.15, 0.2) is 54.9 Å². The summed E-state index contributed by atoms with van der Waals surface area (Å²) in [5.41, 5.74) is -0.573. The van der Waals surface area contributed by atoms with Gasteiger partial charge in [0, 0.05) is 23.8 Å². The Balaban J connectivity index is 1.69. The number of nitrogens with one attached hydrogen (secondary N) is 2. The molecule has 2 amide bonds. The normalized spacial score (nSPS) is 15.9. The Hall–Kier alpha value is -3.42. The molecular formula is C19H20N4O4. The van der Waals surface area contributed by atoms with Gasteiger partial charge in [-0.2, -0.15) is 5.10 Å². The van der Waals surface area contributed by atoms with Crippen LogP contribution in [-0.4, -0.2) is 32.7 Å². The molecule has 1 aliphatic carbocycles. The molecule has 0 fully saturated rings. The van der Waals surface area contributed by atoms with E-state index in [2.05, 4.69) is 15.7 Å². The van der Waals surface area contributed by atoms with Gasteiger partial charge >= 0.3 is 5.97 Å². The van der Waals surface area contributed by atoms with Gasteiger partial charge < -0.3 is 15.7 Å². The molecule has 0 spiro atoms. The summed E-state index contributed by atoms with van der Waals surface area (Å²) in [7, 11) is 0. The monoisotopic (exact) mass is 368 g/mol. The number of hydrogen-bond acceptors (Lipinski definition) is 4. The van der Waals surface area contributed by atoms with Crippen molar-refractivity contribution in [2.75, 3.05) is 10.6 Å². The minimum atomic E-state index is -1.48. The van der Waals surface area contributed by atoms with Crippen LogP contribution in [0.5, 0.6) is 0 Å². The van der Waals surface area contributed by atoms with E-state index in [1.165, 1.54) is 4.68 Å². The SMILES string of the molecule is CC(C(=O)Nc1cccc(NC(=O)C2(C(=O)O)CC=CC2)c1)n1cccn1. The number of nitrogens with zero attached hydrogens (tertiary/aromatic N) is 2. The zero-order valence-electron chi connectivity index (χ0n) is 14.8. The number of carbonyl (C=O) groups is 3. The zero-order chi connectivity index (χ0) is 19.4. The van der Waals surface area contributed by atoms with Crippen LogP contribution in [0, 0.1) is 5.41 Å². The molecule has 8 heteroatoms. The Morgan fingerprint density at radius 2 is 1.81 bits per heavy atom. The standard InChI is InChI=1S/C19H20N4O4/c1-13(23-11-5-10-20-23)16(24)21-14-6-4-7-15(12-14)22-17(25)19(18(26)27)8-2-3-9-19/h2-7,10-13H,8-9H2,1H3,(H,21,24)(H,22,25)(H,26,27). The van der Waals surface area contributed by atoms with Gasteiger partial charge in [-0.15, -0.1) is 0 Å². The van der Waals surface area contributed by atoms with Crippen molar-refractivity contribution < 1.29 is 19.5 Å². The van der Waals surface area contributed by atoms with Crippen LogP contribution >= 0.6 is 0 Å². The first kappa shape index (κ1) is 18.4. The molecule has 0 aliphatic heterocycles. The minimum absolute atomic E-state index is 0.159. The van der Waals surface area contributed by atoms with Gasteiger partial charge in [-0.05, 0) is 44.0 Å². The fourth-order valence-corrected chi connectivity index (χ4v) is 2.91. The maximum Gasteiger partial charge on any atom is 0.319 e. The summed E-state index contributed by atoms with van der Waals surface area (Å²) in [5.74, 6) is -1.99. The number of benzene rings is 1. The van der Waals surface area contributed by atoms with E-state index in [-0.39, 0.29) is 18.7 Å². The molecule has 3 rings (SSSR count). The fraction of sp³-hybridized carbons (Fsp3) is 0.263. The molecular weight excluding hydrogens is 348 g/mol. The molecule has 140 valence electrons. The van der Waals surface area contributed by atoms with Gasteiger partial charge in [-0.25, -0.2) is 0 Å². The Morgan fingerprint density at radius 1 is 1.15 bits per heavy atom. The lowest BCUT2D eigenvalue weighted by atomic mass is 9.84. The Kier molecular flexibility index (Phi) is 5.07. The molecule has 3 N–H and O–H groups in total. The molecule has 0 saturated heterocycles. The van der Waals surface area contributed by atoms with Gasteiger partial charge in [0.25, 0.3) is 0 Å². The molecule has 0 radical (unpaired) electrons. The van der Waals surface area contributed by atoms with E-state index in [1.54, 1.807) is 61.8 Å². The molecule has 1 unspecified atom stereocenters. The van der Waals surface area contributed by atoms with Crippen LogP contribution in [0.1, 0.15) is 25.8 Å². The van der Waals surface area contributed by atoms with Crippen molar-refractivity contribution in [1.29, 1.82) is 0 Å². The second kappa shape index (κ2) is 7.45.